The van der Waals surface area contributed by atoms with Crippen molar-refractivity contribution in [3.8, 4) is 11.3 Å². The molecule has 0 aliphatic heterocycles. The first kappa shape index (κ1) is 22.2. The van der Waals surface area contributed by atoms with E-state index >= 15 is 4.57 Å². The van der Waals surface area contributed by atoms with Gasteiger partial charge < -0.3 is 9.13 Å². The highest BCUT2D eigenvalue weighted by Crippen LogP contribution is 2.44. The summed E-state index contributed by atoms with van der Waals surface area (Å²) in [6, 6.07) is 41.9. The number of rotatable bonds is 6. The van der Waals surface area contributed by atoms with Crippen LogP contribution in [0.2, 0.25) is 0 Å². The van der Waals surface area contributed by atoms with Crippen LogP contribution in [0.15, 0.2) is 134 Å². The van der Waals surface area contributed by atoms with Gasteiger partial charge in [0.2, 0.25) is 0 Å². The molecule has 0 aliphatic carbocycles. The average Bonchev–Trinajstić information content (AvgIpc) is 3.33. The fraction of sp³-hybridized carbons (Fsp3) is 0.0323. The first-order chi connectivity index (χ1) is 17.7. The van der Waals surface area contributed by atoms with Gasteiger partial charge in [-0.15, -0.1) is 0 Å². The van der Waals surface area contributed by atoms with E-state index in [4.69, 9.17) is 4.98 Å². The van der Waals surface area contributed by atoms with E-state index in [1.54, 1.807) is 6.33 Å². The lowest BCUT2D eigenvalue weighted by atomic mass is 10.1. The van der Waals surface area contributed by atoms with Crippen LogP contribution in [-0.2, 0) is 11.1 Å². The van der Waals surface area contributed by atoms with Crippen LogP contribution in [0.1, 0.15) is 5.56 Å². The zero-order chi connectivity index (χ0) is 24.4. The molecule has 4 nitrogen and oxygen atoms in total. The monoisotopic (exact) mass is 485 g/mol. The SMILES string of the molecule is O=P(c1ccccc1)(c1ccccc1)c1cc2c(-c3ccccc3)ncnc2n1Cc1ccccc1. The van der Waals surface area contributed by atoms with Crippen LogP contribution in [0, 0.1) is 0 Å². The summed E-state index contributed by atoms with van der Waals surface area (Å²) in [5.74, 6) is 0. The van der Waals surface area contributed by atoms with Crippen LogP contribution in [0.25, 0.3) is 22.3 Å². The Labute approximate surface area is 210 Å². The van der Waals surface area contributed by atoms with Gasteiger partial charge in [0.25, 0.3) is 0 Å². The number of hydrogen-bond donors (Lipinski definition) is 0. The van der Waals surface area contributed by atoms with Gasteiger partial charge in [0, 0.05) is 28.1 Å². The highest BCUT2D eigenvalue weighted by atomic mass is 31.2. The molecule has 0 aliphatic rings. The van der Waals surface area contributed by atoms with Crippen LogP contribution in [0.3, 0.4) is 0 Å². The minimum atomic E-state index is -3.24. The molecule has 6 rings (SSSR count). The van der Waals surface area contributed by atoms with Crippen molar-refractivity contribution in [3.05, 3.63) is 139 Å². The van der Waals surface area contributed by atoms with Crippen LogP contribution in [-0.4, -0.2) is 14.5 Å². The zero-order valence-corrected chi connectivity index (χ0v) is 20.5. The Balaban J connectivity index is 1.69. The van der Waals surface area contributed by atoms with E-state index in [2.05, 4.69) is 21.7 Å². The summed E-state index contributed by atoms with van der Waals surface area (Å²) in [7, 11) is -3.24. The van der Waals surface area contributed by atoms with Gasteiger partial charge >= 0.3 is 0 Å². The standard InChI is InChI=1S/C31H24N3OP/c35-36(26-17-9-3-10-18-26,27-19-11-4-12-20-27)29-21-28-30(25-15-7-2-8-16-25)32-23-33-31(28)34(29)22-24-13-5-1-6-14-24/h1-21,23H,22H2. The maximum atomic E-state index is 15.4. The summed E-state index contributed by atoms with van der Waals surface area (Å²) in [5.41, 5.74) is 4.47. The van der Waals surface area contributed by atoms with Crippen LogP contribution in [0.5, 0.6) is 0 Å². The molecule has 4 aromatic carbocycles. The molecule has 0 amide bonds. The zero-order valence-electron chi connectivity index (χ0n) is 19.6. The van der Waals surface area contributed by atoms with E-state index in [0.29, 0.717) is 6.54 Å². The molecule has 5 heteroatoms. The Morgan fingerprint density at radius 1 is 0.639 bits per heavy atom. The van der Waals surface area contributed by atoms with Gasteiger partial charge in [-0.3, -0.25) is 0 Å². The lowest BCUT2D eigenvalue weighted by molar-refractivity contribution is 0.591. The fourth-order valence-electron chi connectivity index (χ4n) is 4.75. The summed E-state index contributed by atoms with van der Waals surface area (Å²) in [5, 5.41) is 2.48. The van der Waals surface area contributed by atoms with Gasteiger partial charge in [0.15, 0.2) is 7.14 Å². The quantitative estimate of drug-likeness (QED) is 0.281. The van der Waals surface area contributed by atoms with Crippen molar-refractivity contribution in [1.29, 1.82) is 0 Å². The number of fused-ring (bicyclic) bond motifs is 1. The molecule has 36 heavy (non-hydrogen) atoms. The molecule has 0 saturated carbocycles. The molecule has 0 atom stereocenters. The predicted octanol–water partition coefficient (Wildman–Crippen LogP) is 5.79. The molecule has 0 unspecified atom stereocenters. The van der Waals surface area contributed by atoms with E-state index in [1.807, 2.05) is 115 Å². The average molecular weight is 486 g/mol. The normalized spacial score (nSPS) is 11.6. The Kier molecular flexibility index (Phi) is 5.80. The van der Waals surface area contributed by atoms with Crippen molar-refractivity contribution in [2.45, 2.75) is 6.54 Å². The van der Waals surface area contributed by atoms with Crippen LogP contribution < -0.4 is 16.0 Å². The Morgan fingerprint density at radius 3 is 1.75 bits per heavy atom. The first-order valence-corrected chi connectivity index (χ1v) is 13.6. The van der Waals surface area contributed by atoms with Gasteiger partial charge in [0.1, 0.15) is 12.0 Å². The van der Waals surface area contributed by atoms with E-state index in [9.17, 15) is 0 Å². The largest absolute Gasteiger partial charge is 0.318 e. The summed E-state index contributed by atoms with van der Waals surface area (Å²) >= 11 is 0. The van der Waals surface area contributed by atoms with Crippen molar-refractivity contribution < 1.29 is 4.57 Å². The highest BCUT2D eigenvalue weighted by Gasteiger charge is 2.34. The van der Waals surface area contributed by atoms with Crippen LogP contribution >= 0.6 is 7.14 Å². The van der Waals surface area contributed by atoms with Crippen molar-refractivity contribution in [3.63, 3.8) is 0 Å². The van der Waals surface area contributed by atoms with Crippen molar-refractivity contribution in [1.82, 2.24) is 14.5 Å². The third kappa shape index (κ3) is 3.86. The molecule has 0 saturated heterocycles. The molecular weight excluding hydrogens is 461 g/mol. The lowest BCUT2D eigenvalue weighted by Gasteiger charge is -2.22. The van der Waals surface area contributed by atoms with Gasteiger partial charge in [-0.25, -0.2) is 9.97 Å². The minimum absolute atomic E-state index is 0.550. The Hall–Kier alpha value is -4.27. The third-order valence-corrected chi connectivity index (χ3v) is 9.53. The van der Waals surface area contributed by atoms with Crippen LogP contribution in [0.4, 0.5) is 0 Å². The third-order valence-electron chi connectivity index (χ3n) is 6.46. The van der Waals surface area contributed by atoms with Crippen molar-refractivity contribution in [2.75, 3.05) is 0 Å². The number of benzene rings is 4. The van der Waals surface area contributed by atoms with Crippen molar-refractivity contribution >= 4 is 34.2 Å². The maximum Gasteiger partial charge on any atom is 0.186 e. The number of nitrogens with zero attached hydrogens (tertiary/aromatic N) is 3. The molecule has 0 radical (unpaired) electrons. The topological polar surface area (TPSA) is 47.8 Å². The van der Waals surface area contributed by atoms with E-state index in [-0.39, 0.29) is 0 Å². The fourth-order valence-corrected chi connectivity index (χ4v) is 7.58. The maximum absolute atomic E-state index is 15.4. The molecule has 0 N–H and O–H groups in total. The van der Waals surface area contributed by atoms with E-state index in [1.165, 1.54) is 0 Å². The molecule has 0 spiro atoms. The number of aromatic nitrogens is 3. The summed E-state index contributed by atoms with van der Waals surface area (Å²) in [6.45, 7) is 0.550. The second-order valence-electron chi connectivity index (χ2n) is 8.68. The van der Waals surface area contributed by atoms with Gasteiger partial charge in [-0.1, -0.05) is 121 Å². The Bertz CT molecular complexity index is 1620. The molecule has 174 valence electrons. The second kappa shape index (κ2) is 9.41. The lowest BCUT2D eigenvalue weighted by Crippen LogP contribution is -2.30. The van der Waals surface area contributed by atoms with Crippen molar-refractivity contribution in [2.24, 2.45) is 0 Å². The summed E-state index contributed by atoms with van der Waals surface area (Å²) in [6.07, 6.45) is 1.60. The van der Waals surface area contributed by atoms with E-state index in [0.717, 1.165) is 43.9 Å². The molecule has 0 fully saturated rings. The number of hydrogen-bond acceptors (Lipinski definition) is 3. The minimum Gasteiger partial charge on any atom is -0.318 e. The smallest absolute Gasteiger partial charge is 0.186 e. The van der Waals surface area contributed by atoms with Gasteiger partial charge in [-0.05, 0) is 11.6 Å². The molecule has 2 heterocycles. The molecular formula is C31H24N3OP. The molecule has 0 bridgehead atoms. The second-order valence-corrected chi connectivity index (χ2v) is 11.4. The highest BCUT2D eigenvalue weighted by molar-refractivity contribution is 7.85. The molecule has 2 aromatic heterocycles. The van der Waals surface area contributed by atoms with E-state index < -0.39 is 7.14 Å². The Morgan fingerprint density at radius 2 is 1.17 bits per heavy atom. The predicted molar refractivity (Wildman–Crippen MR) is 148 cm³/mol. The van der Waals surface area contributed by atoms with Gasteiger partial charge in [-0.2, -0.15) is 0 Å². The summed E-state index contributed by atoms with van der Waals surface area (Å²) in [4.78, 5) is 9.37. The van der Waals surface area contributed by atoms with Gasteiger partial charge in [0.05, 0.1) is 11.1 Å². The molecule has 6 aromatic rings. The summed E-state index contributed by atoms with van der Waals surface area (Å²) < 4.78 is 17.5. The first-order valence-electron chi connectivity index (χ1n) is 11.9.